The molecule has 3 N–H and O–H groups in total. The molecule has 0 bridgehead atoms. The lowest BCUT2D eigenvalue weighted by Gasteiger charge is -2.30. The fraction of sp³-hybridized carbons (Fsp3) is 0.346. The summed E-state index contributed by atoms with van der Waals surface area (Å²) in [7, 11) is 0. The molecule has 5 rings (SSSR count). The molecule has 1 atom stereocenters. The number of halogens is 1. The highest BCUT2D eigenvalue weighted by Crippen LogP contribution is 2.35. The van der Waals surface area contributed by atoms with Crippen molar-refractivity contribution in [2.45, 2.75) is 38.0 Å². The number of aromatic nitrogens is 1. The lowest BCUT2D eigenvalue weighted by atomic mass is 9.80. The van der Waals surface area contributed by atoms with Crippen molar-refractivity contribution < 1.29 is 9.18 Å². The van der Waals surface area contributed by atoms with Crippen LogP contribution < -0.4 is 5.73 Å². The third-order valence-electron chi connectivity index (χ3n) is 6.94. The number of carbonyl (C=O) groups excluding carboxylic acids is 1. The molecule has 0 spiro atoms. The lowest BCUT2D eigenvalue weighted by molar-refractivity contribution is 0.1000. The Balaban J connectivity index is 1.23. The first-order valence-electron chi connectivity index (χ1n) is 11.2. The van der Waals surface area contributed by atoms with Crippen LogP contribution >= 0.6 is 0 Å². The average molecular weight is 418 g/mol. The van der Waals surface area contributed by atoms with E-state index >= 15 is 0 Å². The highest BCUT2D eigenvalue weighted by Gasteiger charge is 2.23. The van der Waals surface area contributed by atoms with Gasteiger partial charge in [0.1, 0.15) is 5.82 Å². The number of amides is 1. The van der Waals surface area contributed by atoms with Gasteiger partial charge < -0.3 is 10.7 Å². The summed E-state index contributed by atoms with van der Waals surface area (Å²) in [4.78, 5) is 17.2. The van der Waals surface area contributed by atoms with E-state index in [2.05, 4.69) is 22.0 Å². The predicted molar refractivity (Wildman–Crippen MR) is 123 cm³/mol. The number of hydrogen-bond acceptors (Lipinski definition) is 2. The van der Waals surface area contributed by atoms with Gasteiger partial charge in [0, 0.05) is 41.3 Å². The third kappa shape index (κ3) is 4.02. The van der Waals surface area contributed by atoms with E-state index in [-0.39, 0.29) is 11.7 Å². The number of fused-ring (bicyclic) bond motifs is 2. The molecular weight excluding hydrogens is 389 g/mol. The third-order valence-corrected chi connectivity index (χ3v) is 6.94. The standard InChI is InChI=1S/C26H28FN3O/c27-21-5-7-23-24(16-29-25(23)15-21)18-9-12-30(13-10-18)11-8-17-2-1-3-19-14-20(26(28)31)4-6-22(17)19/h4-7,9,14-17,29H,1-3,8,10-13H2,(H2,28,31). The fourth-order valence-corrected chi connectivity index (χ4v) is 5.23. The first kappa shape index (κ1) is 20.0. The first-order valence-corrected chi connectivity index (χ1v) is 11.2. The molecule has 1 aliphatic carbocycles. The van der Waals surface area contributed by atoms with Crippen molar-refractivity contribution in [2.75, 3.05) is 19.6 Å². The second-order valence-corrected chi connectivity index (χ2v) is 8.83. The largest absolute Gasteiger partial charge is 0.366 e. The number of nitrogens with two attached hydrogens (primary N) is 1. The number of primary amides is 1. The van der Waals surface area contributed by atoms with Gasteiger partial charge in [0.2, 0.25) is 5.91 Å². The zero-order valence-electron chi connectivity index (χ0n) is 17.7. The van der Waals surface area contributed by atoms with Crippen molar-refractivity contribution in [3.8, 4) is 0 Å². The van der Waals surface area contributed by atoms with E-state index in [0.717, 1.165) is 49.8 Å². The minimum atomic E-state index is -0.346. The average Bonchev–Trinajstić information content (AvgIpc) is 3.20. The predicted octanol–water partition coefficient (Wildman–Crippen LogP) is 5.01. The number of aromatic amines is 1. The number of H-pyrrole nitrogens is 1. The molecule has 3 aromatic rings. The molecule has 31 heavy (non-hydrogen) atoms. The molecule has 2 aromatic carbocycles. The van der Waals surface area contributed by atoms with Crippen molar-refractivity contribution in [1.82, 2.24) is 9.88 Å². The van der Waals surface area contributed by atoms with E-state index < -0.39 is 0 Å². The van der Waals surface area contributed by atoms with Gasteiger partial charge in [-0.2, -0.15) is 0 Å². The number of nitrogens with zero attached hydrogens (tertiary/aromatic N) is 1. The Bertz CT molecular complexity index is 1160. The quantitative estimate of drug-likeness (QED) is 0.613. The second kappa shape index (κ2) is 8.31. The van der Waals surface area contributed by atoms with Crippen LogP contribution in [0.1, 0.15) is 58.6 Å². The SMILES string of the molecule is NC(=O)c1ccc2c(c1)CCCC2CCN1CC=C(c2c[nH]c3cc(F)ccc23)CC1. The van der Waals surface area contributed by atoms with Gasteiger partial charge in [0.15, 0.2) is 0 Å². The molecule has 4 nitrogen and oxygen atoms in total. The maximum atomic E-state index is 13.5. The summed E-state index contributed by atoms with van der Waals surface area (Å²) in [5.41, 5.74) is 12.2. The summed E-state index contributed by atoms with van der Waals surface area (Å²) in [5, 5.41) is 1.09. The van der Waals surface area contributed by atoms with E-state index in [1.807, 2.05) is 24.4 Å². The van der Waals surface area contributed by atoms with Crippen LogP contribution in [0.5, 0.6) is 0 Å². The smallest absolute Gasteiger partial charge is 0.248 e. The van der Waals surface area contributed by atoms with Crippen molar-refractivity contribution in [1.29, 1.82) is 0 Å². The Kier molecular flexibility index (Phi) is 5.36. The van der Waals surface area contributed by atoms with Crippen molar-refractivity contribution >= 4 is 22.4 Å². The summed E-state index contributed by atoms with van der Waals surface area (Å²) in [6, 6.07) is 10.9. The summed E-state index contributed by atoms with van der Waals surface area (Å²) in [6.45, 7) is 3.06. The van der Waals surface area contributed by atoms with Crippen molar-refractivity contribution in [2.24, 2.45) is 5.73 Å². The van der Waals surface area contributed by atoms with E-state index in [0.29, 0.717) is 11.5 Å². The van der Waals surface area contributed by atoms with Crippen LogP contribution in [0, 0.1) is 5.82 Å². The number of benzene rings is 2. The zero-order valence-corrected chi connectivity index (χ0v) is 17.7. The van der Waals surface area contributed by atoms with Gasteiger partial charge in [-0.1, -0.05) is 12.1 Å². The van der Waals surface area contributed by atoms with Crippen LogP contribution in [-0.2, 0) is 6.42 Å². The van der Waals surface area contributed by atoms with E-state index in [9.17, 15) is 9.18 Å². The van der Waals surface area contributed by atoms with Crippen molar-refractivity contribution in [3.63, 3.8) is 0 Å². The monoisotopic (exact) mass is 417 g/mol. The van der Waals surface area contributed by atoms with Crippen LogP contribution in [0.25, 0.3) is 16.5 Å². The van der Waals surface area contributed by atoms with Gasteiger partial charge in [-0.15, -0.1) is 0 Å². The van der Waals surface area contributed by atoms with Gasteiger partial charge in [0.05, 0.1) is 0 Å². The number of aryl methyl sites for hydroxylation is 1. The Hall–Kier alpha value is -2.92. The Morgan fingerprint density at radius 3 is 2.90 bits per heavy atom. The van der Waals surface area contributed by atoms with Crippen LogP contribution in [0.3, 0.4) is 0 Å². The van der Waals surface area contributed by atoms with Crippen molar-refractivity contribution in [3.05, 3.63) is 76.7 Å². The maximum Gasteiger partial charge on any atom is 0.248 e. The summed E-state index contributed by atoms with van der Waals surface area (Å²) >= 11 is 0. The van der Waals surface area contributed by atoms with Crippen LogP contribution in [-0.4, -0.2) is 35.4 Å². The van der Waals surface area contributed by atoms with Crippen LogP contribution in [0.2, 0.25) is 0 Å². The maximum absolute atomic E-state index is 13.5. The van der Waals surface area contributed by atoms with Gasteiger partial charge >= 0.3 is 0 Å². The molecule has 1 aliphatic heterocycles. The molecule has 5 heteroatoms. The van der Waals surface area contributed by atoms with Crippen LogP contribution in [0.4, 0.5) is 4.39 Å². The zero-order chi connectivity index (χ0) is 21.4. The second-order valence-electron chi connectivity index (χ2n) is 8.83. The Morgan fingerprint density at radius 1 is 1.19 bits per heavy atom. The molecule has 160 valence electrons. The Labute approximate surface area is 181 Å². The number of nitrogens with one attached hydrogen (secondary N) is 1. The van der Waals surface area contributed by atoms with Gasteiger partial charge in [-0.05, 0) is 91.6 Å². The summed E-state index contributed by atoms with van der Waals surface area (Å²) in [5.74, 6) is 0.000528. The van der Waals surface area contributed by atoms with Gasteiger partial charge in [0.25, 0.3) is 0 Å². The minimum absolute atomic E-state index is 0.208. The molecule has 1 amide bonds. The normalized spacial score (nSPS) is 19.3. The van der Waals surface area contributed by atoms with E-state index in [1.54, 1.807) is 6.07 Å². The summed E-state index contributed by atoms with van der Waals surface area (Å²) in [6.07, 6.45) is 9.90. The molecule has 0 radical (unpaired) electrons. The Morgan fingerprint density at radius 2 is 2.10 bits per heavy atom. The molecule has 0 saturated heterocycles. The molecule has 1 aromatic heterocycles. The molecule has 2 heterocycles. The first-order chi connectivity index (χ1) is 15.1. The molecule has 2 aliphatic rings. The van der Waals surface area contributed by atoms with Crippen LogP contribution in [0.15, 0.2) is 48.7 Å². The fourth-order valence-electron chi connectivity index (χ4n) is 5.23. The van der Waals surface area contributed by atoms with Gasteiger partial charge in [-0.3, -0.25) is 9.69 Å². The molecular formula is C26H28FN3O. The summed E-state index contributed by atoms with van der Waals surface area (Å²) < 4.78 is 13.5. The minimum Gasteiger partial charge on any atom is -0.366 e. The topological polar surface area (TPSA) is 62.1 Å². The molecule has 0 saturated carbocycles. The lowest BCUT2D eigenvalue weighted by Crippen LogP contribution is -2.30. The highest BCUT2D eigenvalue weighted by atomic mass is 19.1. The molecule has 0 fully saturated rings. The van der Waals surface area contributed by atoms with E-state index in [4.69, 9.17) is 5.73 Å². The highest BCUT2D eigenvalue weighted by molar-refractivity contribution is 5.93. The van der Waals surface area contributed by atoms with E-state index in [1.165, 1.54) is 41.2 Å². The number of hydrogen-bond donors (Lipinski definition) is 2. The number of rotatable bonds is 5. The number of carbonyl (C=O) groups is 1. The molecule has 1 unspecified atom stereocenters. The van der Waals surface area contributed by atoms with Gasteiger partial charge in [-0.25, -0.2) is 4.39 Å².